The maximum absolute atomic E-state index is 13.6. The van der Waals surface area contributed by atoms with E-state index in [1.54, 1.807) is 18.2 Å². The highest BCUT2D eigenvalue weighted by Crippen LogP contribution is 2.39. The molecule has 1 saturated heterocycles. The van der Waals surface area contributed by atoms with Gasteiger partial charge < -0.3 is 14.2 Å². The van der Waals surface area contributed by atoms with Gasteiger partial charge in [-0.15, -0.1) is 0 Å². The Morgan fingerprint density at radius 1 is 0.949 bits per heavy atom. The van der Waals surface area contributed by atoms with E-state index in [9.17, 15) is 9.59 Å². The lowest BCUT2D eigenvalue weighted by atomic mass is 10.1. The van der Waals surface area contributed by atoms with Crippen LogP contribution in [0.1, 0.15) is 43.0 Å². The van der Waals surface area contributed by atoms with E-state index in [0.717, 1.165) is 23.7 Å². The van der Waals surface area contributed by atoms with Gasteiger partial charge >= 0.3 is 5.97 Å². The number of hydrogen-bond donors (Lipinski definition) is 0. The van der Waals surface area contributed by atoms with Crippen molar-refractivity contribution < 1.29 is 23.8 Å². The number of hydrogen-bond acceptors (Lipinski definition) is 7. The molecular weight excluding hydrogens is 530 g/mol. The third kappa shape index (κ3) is 7.28. The first-order chi connectivity index (χ1) is 19.0. The molecule has 202 valence electrons. The fourth-order valence-corrected chi connectivity index (χ4v) is 5.40. The van der Waals surface area contributed by atoms with Crippen molar-refractivity contribution in [1.82, 2.24) is 4.90 Å². The summed E-state index contributed by atoms with van der Waals surface area (Å²) in [5.74, 6) is 0.394. The van der Waals surface area contributed by atoms with Gasteiger partial charge in [-0.3, -0.25) is 9.69 Å². The average molecular weight is 562 g/mol. The van der Waals surface area contributed by atoms with Gasteiger partial charge in [-0.1, -0.05) is 97.6 Å². The van der Waals surface area contributed by atoms with Gasteiger partial charge in [0.05, 0.1) is 24.7 Å². The van der Waals surface area contributed by atoms with Gasteiger partial charge in [-0.25, -0.2) is 4.79 Å². The van der Waals surface area contributed by atoms with E-state index in [1.807, 2.05) is 68.4 Å². The third-order valence-electron chi connectivity index (χ3n) is 5.93. The van der Waals surface area contributed by atoms with Gasteiger partial charge in [-0.05, 0) is 48.2 Å². The number of esters is 1. The van der Waals surface area contributed by atoms with Crippen LogP contribution in [0.4, 0.5) is 0 Å². The first-order valence-electron chi connectivity index (χ1n) is 12.9. The Balaban J connectivity index is 1.54. The van der Waals surface area contributed by atoms with Gasteiger partial charge in [-0.2, -0.15) is 0 Å². The second kappa shape index (κ2) is 14.0. The predicted molar refractivity (Wildman–Crippen MR) is 159 cm³/mol. The lowest BCUT2D eigenvalue weighted by Gasteiger charge is -2.25. The van der Waals surface area contributed by atoms with Crippen molar-refractivity contribution in [3.05, 3.63) is 100 Å². The largest absolute Gasteiger partial charge is 0.490 e. The van der Waals surface area contributed by atoms with E-state index in [0.29, 0.717) is 45.9 Å². The fourth-order valence-electron chi connectivity index (χ4n) is 4.09. The van der Waals surface area contributed by atoms with Gasteiger partial charge in [0.25, 0.3) is 5.91 Å². The highest BCUT2D eigenvalue weighted by molar-refractivity contribution is 8.26. The van der Waals surface area contributed by atoms with Crippen molar-refractivity contribution in [3.8, 4) is 11.5 Å². The topological polar surface area (TPSA) is 65.1 Å². The van der Waals surface area contributed by atoms with Crippen molar-refractivity contribution in [1.29, 1.82) is 0 Å². The zero-order valence-corrected chi connectivity index (χ0v) is 23.6. The second-order valence-electron chi connectivity index (χ2n) is 8.76. The van der Waals surface area contributed by atoms with E-state index in [2.05, 4.69) is 12.1 Å². The van der Waals surface area contributed by atoms with E-state index < -0.39 is 12.0 Å². The summed E-state index contributed by atoms with van der Waals surface area (Å²) in [6.07, 6.45) is 3.22. The zero-order valence-electron chi connectivity index (χ0n) is 22.0. The highest BCUT2D eigenvalue weighted by atomic mass is 32.2. The molecule has 1 atom stereocenters. The third-order valence-corrected chi connectivity index (χ3v) is 7.26. The van der Waals surface area contributed by atoms with Gasteiger partial charge in [0, 0.05) is 6.42 Å². The van der Waals surface area contributed by atoms with Crippen LogP contribution >= 0.6 is 24.0 Å². The summed E-state index contributed by atoms with van der Waals surface area (Å²) in [5, 5.41) is 0. The number of carbonyl (C=O) groups is 2. The number of rotatable bonds is 12. The number of carbonyl (C=O) groups excluding carboxylic acids is 2. The minimum Gasteiger partial charge on any atom is -0.490 e. The summed E-state index contributed by atoms with van der Waals surface area (Å²) in [4.78, 5) is 28.4. The fraction of sp³-hybridized carbons (Fsp3) is 0.258. The minimum atomic E-state index is -0.949. The summed E-state index contributed by atoms with van der Waals surface area (Å²) >= 11 is 6.73. The molecule has 1 unspecified atom stereocenters. The molecule has 0 radical (unpaired) electrons. The van der Waals surface area contributed by atoms with Crippen LogP contribution in [0.5, 0.6) is 11.5 Å². The standard InChI is InChI=1S/C31H31NO5S2/c1-3-18-37-30(34)28(24-13-9-6-10-14-24)32-29(33)27(39-31(32)38)21-23-15-16-25(26(20-23)35-4-2)36-19-17-22-11-7-5-8-12-22/h5-16,20-21,28H,3-4,17-19H2,1-2H3/b27-21-. The molecule has 4 rings (SSSR count). The van der Waals surface area contributed by atoms with Gasteiger partial charge in [0.1, 0.15) is 4.32 Å². The maximum atomic E-state index is 13.6. The van der Waals surface area contributed by atoms with E-state index in [1.165, 1.54) is 10.5 Å². The van der Waals surface area contributed by atoms with Crippen molar-refractivity contribution in [3.63, 3.8) is 0 Å². The van der Waals surface area contributed by atoms with E-state index >= 15 is 0 Å². The summed E-state index contributed by atoms with van der Waals surface area (Å²) in [6.45, 7) is 5.08. The summed E-state index contributed by atoms with van der Waals surface area (Å²) in [7, 11) is 0. The van der Waals surface area contributed by atoms with Crippen LogP contribution in [0.3, 0.4) is 0 Å². The molecule has 6 nitrogen and oxygen atoms in total. The molecular formula is C31H31NO5S2. The number of benzene rings is 3. The van der Waals surface area contributed by atoms with Crippen LogP contribution in [0.25, 0.3) is 6.08 Å². The lowest BCUT2D eigenvalue weighted by molar-refractivity contribution is -0.151. The molecule has 0 N–H and O–H groups in total. The molecule has 3 aromatic carbocycles. The Hall–Kier alpha value is -3.62. The van der Waals surface area contributed by atoms with Crippen LogP contribution in [0.15, 0.2) is 83.8 Å². The maximum Gasteiger partial charge on any atom is 0.333 e. The first kappa shape index (κ1) is 28.4. The summed E-state index contributed by atoms with van der Waals surface area (Å²) in [6, 6.07) is 23.8. The smallest absolute Gasteiger partial charge is 0.333 e. The first-order valence-corrected chi connectivity index (χ1v) is 14.2. The van der Waals surface area contributed by atoms with Crippen LogP contribution in [-0.2, 0) is 20.7 Å². The van der Waals surface area contributed by atoms with Crippen molar-refractivity contribution in [2.24, 2.45) is 0 Å². The molecule has 1 amide bonds. The van der Waals surface area contributed by atoms with Gasteiger partial charge in [0.15, 0.2) is 17.5 Å². The predicted octanol–water partition coefficient (Wildman–Crippen LogP) is 6.60. The van der Waals surface area contributed by atoms with E-state index in [4.69, 9.17) is 26.4 Å². The Morgan fingerprint density at radius 3 is 2.36 bits per heavy atom. The molecule has 1 heterocycles. The molecule has 0 aliphatic carbocycles. The van der Waals surface area contributed by atoms with Crippen LogP contribution in [0, 0.1) is 0 Å². The van der Waals surface area contributed by atoms with Crippen molar-refractivity contribution >= 4 is 46.3 Å². The molecule has 1 aliphatic heterocycles. The molecule has 0 saturated carbocycles. The molecule has 0 spiro atoms. The number of thiocarbonyl (C=S) groups is 1. The Kier molecular flexibility index (Phi) is 10.2. The van der Waals surface area contributed by atoms with Crippen LogP contribution in [0.2, 0.25) is 0 Å². The molecule has 1 aliphatic rings. The summed E-state index contributed by atoms with van der Waals surface area (Å²) in [5.41, 5.74) is 2.60. The number of nitrogens with zero attached hydrogens (tertiary/aromatic N) is 1. The Bertz CT molecular complexity index is 1330. The van der Waals surface area contributed by atoms with Crippen molar-refractivity contribution in [2.75, 3.05) is 19.8 Å². The average Bonchev–Trinajstić information content (AvgIpc) is 3.22. The SMILES string of the molecule is CCCOC(=O)C(c1ccccc1)N1C(=O)/C(=C/c2ccc(OCCc3ccccc3)c(OCC)c2)SC1=S. The highest BCUT2D eigenvalue weighted by Gasteiger charge is 2.42. The lowest BCUT2D eigenvalue weighted by Crippen LogP contribution is -2.38. The monoisotopic (exact) mass is 561 g/mol. The van der Waals surface area contributed by atoms with E-state index in [-0.39, 0.29) is 12.5 Å². The minimum absolute atomic E-state index is 0.271. The Morgan fingerprint density at radius 2 is 1.67 bits per heavy atom. The molecule has 3 aromatic rings. The normalized spacial score (nSPS) is 14.9. The zero-order chi connectivity index (χ0) is 27.6. The number of amides is 1. The molecule has 8 heteroatoms. The number of ether oxygens (including phenoxy) is 3. The molecule has 0 bridgehead atoms. The van der Waals surface area contributed by atoms with Crippen LogP contribution < -0.4 is 9.47 Å². The van der Waals surface area contributed by atoms with Crippen molar-refractivity contribution in [2.45, 2.75) is 32.7 Å². The Labute approximate surface area is 238 Å². The molecule has 1 fully saturated rings. The molecule has 39 heavy (non-hydrogen) atoms. The quantitative estimate of drug-likeness (QED) is 0.140. The van der Waals surface area contributed by atoms with Crippen LogP contribution in [-0.4, -0.2) is 40.9 Å². The molecule has 0 aromatic heterocycles. The van der Waals surface area contributed by atoms with Gasteiger partial charge in [0.2, 0.25) is 0 Å². The number of thioether (sulfide) groups is 1. The summed E-state index contributed by atoms with van der Waals surface area (Å²) < 4.78 is 17.6. The second-order valence-corrected chi connectivity index (χ2v) is 10.4.